The van der Waals surface area contributed by atoms with Gasteiger partial charge in [-0.3, -0.25) is 4.79 Å². The third kappa shape index (κ3) is 3.10. The van der Waals surface area contributed by atoms with Crippen molar-refractivity contribution in [1.82, 2.24) is 9.88 Å². The molecule has 90 valence electrons. The highest BCUT2D eigenvalue weighted by Gasteiger charge is 2.12. The van der Waals surface area contributed by atoms with E-state index in [1.165, 1.54) is 5.69 Å². The number of hydrogen-bond acceptors (Lipinski definition) is 2. The van der Waals surface area contributed by atoms with Crippen LogP contribution in [0.15, 0.2) is 12.1 Å². The van der Waals surface area contributed by atoms with E-state index >= 15 is 0 Å². The summed E-state index contributed by atoms with van der Waals surface area (Å²) >= 11 is 0. The van der Waals surface area contributed by atoms with Crippen LogP contribution in [0.5, 0.6) is 0 Å². The van der Waals surface area contributed by atoms with Gasteiger partial charge in [0.05, 0.1) is 12.6 Å². The Morgan fingerprint density at radius 2 is 2.25 bits per heavy atom. The zero-order valence-corrected chi connectivity index (χ0v) is 10.3. The molecule has 16 heavy (non-hydrogen) atoms. The number of aromatic nitrogens is 1. The Morgan fingerprint density at radius 3 is 2.75 bits per heavy atom. The van der Waals surface area contributed by atoms with Crippen LogP contribution in [0.4, 0.5) is 0 Å². The van der Waals surface area contributed by atoms with Crippen molar-refractivity contribution in [2.24, 2.45) is 12.8 Å². The molecule has 0 aliphatic heterocycles. The van der Waals surface area contributed by atoms with Gasteiger partial charge >= 0.3 is 0 Å². The van der Waals surface area contributed by atoms with Gasteiger partial charge in [-0.05, 0) is 25.5 Å². The van der Waals surface area contributed by atoms with Gasteiger partial charge in [0.15, 0.2) is 0 Å². The van der Waals surface area contributed by atoms with Crippen LogP contribution in [-0.2, 0) is 18.4 Å². The Hall–Kier alpha value is -1.29. The van der Waals surface area contributed by atoms with Crippen LogP contribution in [0.25, 0.3) is 0 Å². The minimum Gasteiger partial charge on any atom is -0.350 e. The molecule has 1 heterocycles. The average molecular weight is 223 g/mol. The van der Waals surface area contributed by atoms with Gasteiger partial charge in [-0.15, -0.1) is 0 Å². The highest BCUT2D eigenvalue weighted by atomic mass is 16.2. The van der Waals surface area contributed by atoms with E-state index in [4.69, 9.17) is 5.73 Å². The number of aryl methyl sites for hydroxylation is 1. The first-order chi connectivity index (χ1) is 7.56. The fraction of sp³-hybridized carbons (Fsp3) is 0.583. The van der Waals surface area contributed by atoms with E-state index in [1.54, 1.807) is 0 Å². The minimum absolute atomic E-state index is 0.0688. The Labute approximate surface area is 96.8 Å². The van der Waals surface area contributed by atoms with Gasteiger partial charge in [-0.25, -0.2) is 0 Å². The number of nitrogens with zero attached hydrogens (tertiary/aromatic N) is 1. The van der Waals surface area contributed by atoms with Crippen LogP contribution in [-0.4, -0.2) is 16.5 Å². The van der Waals surface area contributed by atoms with Gasteiger partial charge in [0.1, 0.15) is 0 Å². The summed E-state index contributed by atoms with van der Waals surface area (Å²) in [7, 11) is 1.99. The molecule has 0 aliphatic carbocycles. The molecule has 1 atom stereocenters. The van der Waals surface area contributed by atoms with Crippen molar-refractivity contribution in [1.29, 1.82) is 0 Å². The lowest BCUT2D eigenvalue weighted by Gasteiger charge is -2.11. The number of carbonyl (C=O) groups is 1. The Kier molecular flexibility index (Phi) is 4.55. The van der Waals surface area contributed by atoms with E-state index in [2.05, 4.69) is 9.88 Å². The molecular formula is C12H21N3O. The molecule has 0 saturated heterocycles. The monoisotopic (exact) mass is 223 g/mol. The third-order valence-corrected chi connectivity index (χ3v) is 2.86. The molecule has 1 aromatic rings. The van der Waals surface area contributed by atoms with Gasteiger partial charge in [0.25, 0.3) is 0 Å². The highest BCUT2D eigenvalue weighted by molar-refractivity contribution is 5.81. The first-order valence-electron chi connectivity index (χ1n) is 5.70. The van der Waals surface area contributed by atoms with Gasteiger partial charge in [-0.1, -0.05) is 13.3 Å². The maximum atomic E-state index is 11.6. The second-order valence-electron chi connectivity index (χ2n) is 4.14. The standard InChI is InChI=1S/C12H21N3O/c1-4-5-11(13)12(16)14-8-10-7-6-9(2)15(10)3/h6-7,11H,4-5,8,13H2,1-3H3,(H,14,16)/t11-/m1/s1. The predicted molar refractivity (Wildman–Crippen MR) is 64.9 cm³/mol. The summed E-state index contributed by atoms with van der Waals surface area (Å²) in [5.41, 5.74) is 7.99. The molecule has 0 bridgehead atoms. The number of carbonyl (C=O) groups excluding carboxylic acids is 1. The van der Waals surface area contributed by atoms with E-state index in [-0.39, 0.29) is 11.9 Å². The molecule has 0 radical (unpaired) electrons. The van der Waals surface area contributed by atoms with Crippen molar-refractivity contribution in [3.63, 3.8) is 0 Å². The highest BCUT2D eigenvalue weighted by Crippen LogP contribution is 2.05. The third-order valence-electron chi connectivity index (χ3n) is 2.86. The van der Waals surface area contributed by atoms with Crippen molar-refractivity contribution < 1.29 is 4.79 Å². The van der Waals surface area contributed by atoms with E-state index in [0.29, 0.717) is 6.54 Å². The number of nitrogens with one attached hydrogen (secondary N) is 1. The lowest BCUT2D eigenvalue weighted by atomic mass is 10.2. The van der Waals surface area contributed by atoms with Crippen LogP contribution in [0.2, 0.25) is 0 Å². The maximum Gasteiger partial charge on any atom is 0.237 e. The lowest BCUT2D eigenvalue weighted by Crippen LogP contribution is -2.40. The van der Waals surface area contributed by atoms with Crippen LogP contribution in [0.1, 0.15) is 31.2 Å². The maximum absolute atomic E-state index is 11.6. The molecule has 4 heteroatoms. The summed E-state index contributed by atoms with van der Waals surface area (Å²) in [6, 6.07) is 3.67. The van der Waals surface area contributed by atoms with Crippen molar-refractivity contribution in [2.75, 3.05) is 0 Å². The van der Waals surface area contributed by atoms with E-state index in [1.807, 2.05) is 33.0 Å². The van der Waals surface area contributed by atoms with Crippen LogP contribution >= 0.6 is 0 Å². The normalized spacial score (nSPS) is 12.5. The Bertz CT molecular complexity index is 357. The van der Waals surface area contributed by atoms with E-state index in [9.17, 15) is 4.79 Å². The van der Waals surface area contributed by atoms with Gasteiger partial charge in [0, 0.05) is 18.4 Å². The number of nitrogens with two attached hydrogens (primary N) is 1. The molecule has 3 N–H and O–H groups in total. The summed E-state index contributed by atoms with van der Waals surface area (Å²) in [6.07, 6.45) is 1.66. The first kappa shape index (κ1) is 12.8. The van der Waals surface area contributed by atoms with Crippen molar-refractivity contribution in [3.8, 4) is 0 Å². The number of rotatable bonds is 5. The molecule has 0 saturated carbocycles. The molecule has 1 rings (SSSR count). The topological polar surface area (TPSA) is 60.1 Å². The predicted octanol–water partition coefficient (Wildman–Crippen LogP) is 1.08. The summed E-state index contributed by atoms with van der Waals surface area (Å²) < 4.78 is 2.06. The number of hydrogen-bond donors (Lipinski definition) is 2. The van der Waals surface area contributed by atoms with Crippen molar-refractivity contribution >= 4 is 5.91 Å². The van der Waals surface area contributed by atoms with E-state index in [0.717, 1.165) is 18.5 Å². The quantitative estimate of drug-likeness (QED) is 0.784. The smallest absolute Gasteiger partial charge is 0.237 e. The molecule has 0 aromatic carbocycles. The number of amides is 1. The summed E-state index contributed by atoms with van der Waals surface area (Å²) in [6.45, 7) is 4.60. The van der Waals surface area contributed by atoms with Crippen LogP contribution in [0.3, 0.4) is 0 Å². The summed E-state index contributed by atoms with van der Waals surface area (Å²) in [5, 5.41) is 2.85. The molecule has 0 aliphatic rings. The van der Waals surface area contributed by atoms with Gasteiger partial charge in [0.2, 0.25) is 5.91 Å². The molecule has 1 amide bonds. The van der Waals surface area contributed by atoms with Crippen LogP contribution < -0.4 is 11.1 Å². The van der Waals surface area contributed by atoms with Crippen LogP contribution in [0, 0.1) is 6.92 Å². The summed E-state index contributed by atoms with van der Waals surface area (Å²) in [4.78, 5) is 11.6. The fourth-order valence-electron chi connectivity index (χ4n) is 1.60. The van der Waals surface area contributed by atoms with E-state index < -0.39 is 0 Å². The molecule has 1 aromatic heterocycles. The molecule has 0 fully saturated rings. The Morgan fingerprint density at radius 1 is 1.56 bits per heavy atom. The fourth-order valence-corrected chi connectivity index (χ4v) is 1.60. The van der Waals surface area contributed by atoms with Crippen molar-refractivity contribution in [2.45, 2.75) is 39.3 Å². The molecular weight excluding hydrogens is 202 g/mol. The average Bonchev–Trinajstić information content (AvgIpc) is 2.57. The lowest BCUT2D eigenvalue weighted by molar-refractivity contribution is -0.122. The summed E-state index contributed by atoms with van der Waals surface area (Å²) in [5.74, 6) is -0.0688. The second-order valence-corrected chi connectivity index (χ2v) is 4.14. The van der Waals surface area contributed by atoms with Gasteiger partial charge in [-0.2, -0.15) is 0 Å². The molecule has 0 spiro atoms. The second kappa shape index (κ2) is 5.70. The Balaban J connectivity index is 2.46. The zero-order valence-electron chi connectivity index (χ0n) is 10.3. The SMILES string of the molecule is CCC[C@@H](N)C(=O)NCc1ccc(C)n1C. The minimum atomic E-state index is -0.383. The van der Waals surface area contributed by atoms with Gasteiger partial charge < -0.3 is 15.6 Å². The molecule has 4 nitrogen and oxygen atoms in total. The largest absolute Gasteiger partial charge is 0.350 e. The van der Waals surface area contributed by atoms with Crippen molar-refractivity contribution in [3.05, 3.63) is 23.5 Å². The molecule has 0 unspecified atom stereocenters. The zero-order chi connectivity index (χ0) is 12.1. The first-order valence-corrected chi connectivity index (χ1v) is 5.70.